The number of hydrogen-bond acceptors (Lipinski definition) is 0. The van der Waals surface area contributed by atoms with Crippen molar-refractivity contribution in [1.82, 2.24) is 0 Å². The fourth-order valence-electron chi connectivity index (χ4n) is 2.79. The molecular weight excluding hydrogens is 228 g/mol. The molecule has 1 fully saturated rings. The van der Waals surface area contributed by atoms with Crippen LogP contribution in [0, 0.1) is 12.8 Å². The molecule has 1 aliphatic carbocycles. The summed E-state index contributed by atoms with van der Waals surface area (Å²) < 4.78 is 0. The van der Waals surface area contributed by atoms with Crippen molar-refractivity contribution >= 4 is 11.6 Å². The second-order valence-corrected chi connectivity index (χ2v) is 6.02. The maximum atomic E-state index is 6.61. The number of alkyl halides is 1. The van der Waals surface area contributed by atoms with Gasteiger partial charge in [-0.15, -0.1) is 11.6 Å². The van der Waals surface area contributed by atoms with E-state index < -0.39 is 0 Å². The molecule has 0 amide bonds. The lowest BCUT2D eigenvalue weighted by atomic mass is 9.92. The summed E-state index contributed by atoms with van der Waals surface area (Å²) in [7, 11) is 0. The Hall–Kier alpha value is -0.490. The molecule has 0 bridgehead atoms. The van der Waals surface area contributed by atoms with Crippen LogP contribution in [0.1, 0.15) is 49.7 Å². The van der Waals surface area contributed by atoms with Crippen LogP contribution in [0.25, 0.3) is 0 Å². The number of aryl methyl sites for hydroxylation is 1. The second-order valence-electron chi connectivity index (χ2n) is 5.46. The number of benzene rings is 1. The summed E-state index contributed by atoms with van der Waals surface area (Å²) in [5.74, 6) is 0.737. The molecule has 0 radical (unpaired) electrons. The molecule has 0 aliphatic heterocycles. The van der Waals surface area contributed by atoms with E-state index in [1.807, 2.05) is 0 Å². The zero-order valence-electron chi connectivity index (χ0n) is 10.8. The van der Waals surface area contributed by atoms with Gasteiger partial charge in [-0.3, -0.25) is 0 Å². The Kier molecular flexibility index (Phi) is 4.91. The highest BCUT2D eigenvalue weighted by atomic mass is 35.5. The van der Waals surface area contributed by atoms with Crippen molar-refractivity contribution in [2.24, 2.45) is 5.92 Å². The maximum absolute atomic E-state index is 6.61. The number of hydrogen-bond donors (Lipinski definition) is 0. The largest absolute Gasteiger partial charge is 0.122 e. The first kappa shape index (κ1) is 13.0. The lowest BCUT2D eigenvalue weighted by Crippen LogP contribution is -2.17. The van der Waals surface area contributed by atoms with Crippen molar-refractivity contribution in [2.45, 2.75) is 57.2 Å². The van der Waals surface area contributed by atoms with Gasteiger partial charge in [0.2, 0.25) is 0 Å². The van der Waals surface area contributed by atoms with Crippen LogP contribution in [-0.2, 0) is 6.42 Å². The van der Waals surface area contributed by atoms with E-state index in [9.17, 15) is 0 Å². The molecule has 1 aliphatic rings. The van der Waals surface area contributed by atoms with Gasteiger partial charge in [0.25, 0.3) is 0 Å². The first-order valence-corrected chi connectivity index (χ1v) is 7.39. The topological polar surface area (TPSA) is 0 Å². The molecule has 94 valence electrons. The number of halogens is 1. The van der Waals surface area contributed by atoms with Gasteiger partial charge in [-0.05, 0) is 37.7 Å². The Morgan fingerprint density at radius 1 is 1.06 bits per heavy atom. The van der Waals surface area contributed by atoms with E-state index >= 15 is 0 Å². The van der Waals surface area contributed by atoms with E-state index in [1.54, 1.807) is 0 Å². The van der Waals surface area contributed by atoms with Gasteiger partial charge in [0, 0.05) is 5.38 Å². The van der Waals surface area contributed by atoms with Gasteiger partial charge in [-0.1, -0.05) is 55.5 Å². The Labute approximate surface area is 110 Å². The molecule has 1 atom stereocenters. The highest BCUT2D eigenvalue weighted by Gasteiger charge is 2.20. The average Bonchev–Trinajstić information content (AvgIpc) is 2.61. The van der Waals surface area contributed by atoms with Gasteiger partial charge in [-0.25, -0.2) is 0 Å². The minimum absolute atomic E-state index is 0.329. The zero-order valence-corrected chi connectivity index (χ0v) is 11.5. The van der Waals surface area contributed by atoms with E-state index in [4.69, 9.17) is 11.6 Å². The Balaban J connectivity index is 1.90. The summed E-state index contributed by atoms with van der Waals surface area (Å²) in [6, 6.07) is 8.82. The van der Waals surface area contributed by atoms with Crippen LogP contribution < -0.4 is 0 Å². The van der Waals surface area contributed by atoms with Crippen LogP contribution in [0.5, 0.6) is 0 Å². The quantitative estimate of drug-likeness (QED) is 0.516. The molecule has 1 aromatic rings. The van der Waals surface area contributed by atoms with Crippen LogP contribution in [0.4, 0.5) is 0 Å². The van der Waals surface area contributed by atoms with Gasteiger partial charge in [0.05, 0.1) is 0 Å². The summed E-state index contributed by atoms with van der Waals surface area (Å²) in [4.78, 5) is 0. The average molecular weight is 251 g/mol. The van der Waals surface area contributed by atoms with E-state index in [1.165, 1.54) is 49.7 Å². The lowest BCUT2D eigenvalue weighted by molar-refractivity contribution is 0.435. The van der Waals surface area contributed by atoms with Crippen LogP contribution in [-0.4, -0.2) is 5.38 Å². The van der Waals surface area contributed by atoms with Crippen molar-refractivity contribution in [3.63, 3.8) is 0 Å². The van der Waals surface area contributed by atoms with Crippen molar-refractivity contribution in [3.8, 4) is 0 Å². The fourth-order valence-corrected chi connectivity index (χ4v) is 3.22. The van der Waals surface area contributed by atoms with Gasteiger partial charge in [-0.2, -0.15) is 0 Å². The molecule has 0 heterocycles. The van der Waals surface area contributed by atoms with E-state index in [-0.39, 0.29) is 0 Å². The predicted octanol–water partition coefficient (Wildman–Crippen LogP) is 5.12. The molecular formula is C16H23Cl. The minimum atomic E-state index is 0.329. The van der Waals surface area contributed by atoms with Crippen LogP contribution >= 0.6 is 11.6 Å². The van der Waals surface area contributed by atoms with Crippen molar-refractivity contribution in [1.29, 1.82) is 0 Å². The second kappa shape index (κ2) is 6.44. The predicted molar refractivity (Wildman–Crippen MR) is 75.7 cm³/mol. The summed E-state index contributed by atoms with van der Waals surface area (Å²) in [5, 5.41) is 0.329. The molecule has 0 saturated heterocycles. The van der Waals surface area contributed by atoms with E-state index in [0.717, 1.165) is 12.3 Å². The molecule has 0 aromatic heterocycles. The Morgan fingerprint density at radius 2 is 1.65 bits per heavy atom. The first-order valence-electron chi connectivity index (χ1n) is 6.95. The molecule has 2 rings (SSSR count). The van der Waals surface area contributed by atoms with Crippen LogP contribution in [0.3, 0.4) is 0 Å². The van der Waals surface area contributed by atoms with Gasteiger partial charge in [0.1, 0.15) is 0 Å². The summed E-state index contributed by atoms with van der Waals surface area (Å²) in [6.07, 6.45) is 9.27. The molecule has 1 aromatic carbocycles. The standard InChI is InChI=1S/C16H23Cl/c1-13-8-10-14(11-9-13)12-16(17)15-6-4-2-3-5-7-15/h8-11,15-16H,2-7,12H2,1H3. The monoisotopic (exact) mass is 250 g/mol. The summed E-state index contributed by atoms with van der Waals surface area (Å²) in [5.41, 5.74) is 2.72. The van der Waals surface area contributed by atoms with Crippen LogP contribution in [0.2, 0.25) is 0 Å². The van der Waals surface area contributed by atoms with Crippen molar-refractivity contribution < 1.29 is 0 Å². The molecule has 17 heavy (non-hydrogen) atoms. The minimum Gasteiger partial charge on any atom is -0.122 e. The van der Waals surface area contributed by atoms with Gasteiger partial charge < -0.3 is 0 Å². The maximum Gasteiger partial charge on any atom is 0.0404 e. The SMILES string of the molecule is Cc1ccc(CC(Cl)C2CCCCCC2)cc1. The fraction of sp³-hybridized carbons (Fsp3) is 0.625. The first-order chi connectivity index (χ1) is 8.25. The molecule has 1 saturated carbocycles. The van der Waals surface area contributed by atoms with Gasteiger partial charge in [0.15, 0.2) is 0 Å². The lowest BCUT2D eigenvalue weighted by Gasteiger charge is -2.20. The normalized spacial score (nSPS) is 19.9. The Morgan fingerprint density at radius 3 is 2.24 bits per heavy atom. The third-order valence-corrected chi connectivity index (χ3v) is 4.47. The van der Waals surface area contributed by atoms with Crippen molar-refractivity contribution in [2.75, 3.05) is 0 Å². The molecule has 0 spiro atoms. The molecule has 1 unspecified atom stereocenters. The van der Waals surface area contributed by atoms with Gasteiger partial charge >= 0.3 is 0 Å². The van der Waals surface area contributed by atoms with Crippen molar-refractivity contribution in [3.05, 3.63) is 35.4 Å². The molecule has 1 heteroatoms. The summed E-state index contributed by atoms with van der Waals surface area (Å²) in [6.45, 7) is 2.13. The number of rotatable bonds is 3. The molecule has 0 N–H and O–H groups in total. The highest BCUT2D eigenvalue weighted by molar-refractivity contribution is 6.20. The molecule has 0 nitrogen and oxygen atoms in total. The summed E-state index contributed by atoms with van der Waals surface area (Å²) >= 11 is 6.61. The van der Waals surface area contributed by atoms with E-state index in [2.05, 4.69) is 31.2 Å². The smallest absolute Gasteiger partial charge is 0.0404 e. The third kappa shape index (κ3) is 4.03. The third-order valence-electron chi connectivity index (χ3n) is 3.96. The Bertz CT molecular complexity index is 320. The highest BCUT2D eigenvalue weighted by Crippen LogP contribution is 2.30. The zero-order chi connectivity index (χ0) is 12.1. The van der Waals surface area contributed by atoms with E-state index in [0.29, 0.717) is 5.38 Å². The van der Waals surface area contributed by atoms with Crippen LogP contribution in [0.15, 0.2) is 24.3 Å².